The summed E-state index contributed by atoms with van der Waals surface area (Å²) in [6.45, 7) is 0.216. The average Bonchev–Trinajstić information content (AvgIpc) is 3.26. The van der Waals surface area contributed by atoms with Crippen LogP contribution in [-0.4, -0.2) is 50.3 Å². The quantitative estimate of drug-likeness (QED) is 0.425. The second-order valence-electron chi connectivity index (χ2n) is 8.15. The van der Waals surface area contributed by atoms with Crippen LogP contribution in [0.1, 0.15) is 29.7 Å². The highest BCUT2D eigenvalue weighted by molar-refractivity contribution is 5.93. The molecule has 3 aromatic rings. The number of hydrogen-bond acceptors (Lipinski definition) is 8. The van der Waals surface area contributed by atoms with Gasteiger partial charge < -0.3 is 14.9 Å². The Hall–Kier alpha value is -4.41. The molecule has 10 nitrogen and oxygen atoms in total. The second kappa shape index (κ2) is 9.92. The Labute approximate surface area is 207 Å². The molecule has 2 heterocycles. The maximum atomic E-state index is 13.4. The number of nitriles is 1. The van der Waals surface area contributed by atoms with Crippen LogP contribution in [0.4, 0.5) is 24.8 Å². The Morgan fingerprint density at radius 1 is 1.27 bits per heavy atom. The van der Waals surface area contributed by atoms with Crippen molar-refractivity contribution in [3.8, 4) is 6.07 Å². The Bertz CT molecular complexity index is 1450. The van der Waals surface area contributed by atoms with Crippen molar-refractivity contribution in [1.82, 2.24) is 14.8 Å². The lowest BCUT2D eigenvalue weighted by Gasteiger charge is -2.35. The van der Waals surface area contributed by atoms with Gasteiger partial charge in [0.05, 0.1) is 29.4 Å². The van der Waals surface area contributed by atoms with Gasteiger partial charge in [0.2, 0.25) is 5.95 Å². The van der Waals surface area contributed by atoms with E-state index in [0.29, 0.717) is 11.1 Å². The zero-order valence-electron chi connectivity index (χ0n) is 19.2. The summed E-state index contributed by atoms with van der Waals surface area (Å²) in [6.07, 6.45) is -6.02. The van der Waals surface area contributed by atoms with Crippen molar-refractivity contribution in [2.75, 3.05) is 18.1 Å². The number of esters is 1. The van der Waals surface area contributed by atoms with Crippen molar-refractivity contribution in [3.05, 3.63) is 87.0 Å². The Morgan fingerprint density at radius 3 is 2.59 bits per heavy atom. The molecule has 0 spiro atoms. The molecule has 0 fully saturated rings. The summed E-state index contributed by atoms with van der Waals surface area (Å²) in [5, 5.41) is 34.2. The number of allylic oxidation sites excluding steroid dienone is 1. The van der Waals surface area contributed by atoms with Crippen molar-refractivity contribution in [2.24, 2.45) is 0 Å². The molecule has 192 valence electrons. The maximum Gasteiger partial charge on any atom is 0.416 e. The zero-order valence-corrected chi connectivity index (χ0v) is 19.2. The number of halogens is 3. The van der Waals surface area contributed by atoms with E-state index in [1.807, 2.05) is 6.07 Å². The van der Waals surface area contributed by atoms with Gasteiger partial charge in [0.15, 0.2) is 0 Å². The number of carbonyl (C=O) groups excluding carboxylic acids is 1. The summed E-state index contributed by atoms with van der Waals surface area (Å²) in [5.41, 5.74) is -1.03. The lowest BCUT2D eigenvalue weighted by molar-refractivity contribution is -0.143. The first-order valence-corrected chi connectivity index (χ1v) is 10.9. The molecule has 4 rings (SSSR count). The first-order chi connectivity index (χ1) is 17.6. The number of rotatable bonds is 6. The first kappa shape index (κ1) is 25.7. The van der Waals surface area contributed by atoms with E-state index in [9.17, 15) is 27.9 Å². The number of hydrogen-bond donors (Lipinski definition) is 3. The Kier molecular flexibility index (Phi) is 6.88. The number of fused-ring (bicyclic) bond motifs is 1. The van der Waals surface area contributed by atoms with Crippen LogP contribution in [-0.2, 0) is 15.7 Å². The molecular formula is C24H20F3N5O5. The third-order valence-electron chi connectivity index (χ3n) is 5.77. The topological polar surface area (TPSA) is 144 Å². The van der Waals surface area contributed by atoms with Gasteiger partial charge in [0.1, 0.15) is 18.8 Å². The second-order valence-corrected chi connectivity index (χ2v) is 8.15. The molecule has 0 saturated heterocycles. The van der Waals surface area contributed by atoms with Gasteiger partial charge in [0, 0.05) is 11.4 Å². The molecule has 13 heteroatoms. The number of anilines is 2. The van der Waals surface area contributed by atoms with E-state index in [1.54, 1.807) is 0 Å². The normalized spacial score (nSPS) is 16.2. The lowest BCUT2D eigenvalue weighted by atomic mass is 9.93. The molecule has 1 aromatic heterocycles. The highest BCUT2D eigenvalue weighted by Gasteiger charge is 2.40. The van der Waals surface area contributed by atoms with Crippen molar-refractivity contribution < 1.29 is 32.9 Å². The van der Waals surface area contributed by atoms with Crippen LogP contribution in [0.15, 0.2) is 64.6 Å². The van der Waals surface area contributed by atoms with Gasteiger partial charge >= 0.3 is 17.8 Å². The lowest BCUT2D eigenvalue weighted by Crippen LogP contribution is -2.38. The van der Waals surface area contributed by atoms with Crippen molar-refractivity contribution in [3.63, 3.8) is 0 Å². The third-order valence-corrected chi connectivity index (χ3v) is 5.77. The van der Waals surface area contributed by atoms with Crippen LogP contribution in [0.3, 0.4) is 0 Å². The third kappa shape index (κ3) is 4.84. The molecule has 1 aliphatic heterocycles. The fourth-order valence-corrected chi connectivity index (χ4v) is 4.03. The van der Waals surface area contributed by atoms with Gasteiger partial charge in [-0.25, -0.2) is 19.3 Å². The predicted molar refractivity (Wildman–Crippen MR) is 122 cm³/mol. The van der Waals surface area contributed by atoms with Gasteiger partial charge in [-0.05, 0) is 42.8 Å². The highest BCUT2D eigenvalue weighted by Crippen LogP contribution is 2.42. The van der Waals surface area contributed by atoms with Crippen LogP contribution in [0, 0.1) is 11.3 Å². The number of ether oxygens (including phenoxy) is 1. The molecule has 37 heavy (non-hydrogen) atoms. The number of H-pyrrole nitrogens is 1. The van der Waals surface area contributed by atoms with Crippen LogP contribution < -0.4 is 10.6 Å². The molecule has 2 aromatic carbocycles. The number of aromatic nitrogens is 3. The largest absolute Gasteiger partial charge is 0.459 e. The number of carbonyl (C=O) groups is 1. The smallest absolute Gasteiger partial charge is 0.416 e. The highest BCUT2D eigenvalue weighted by atomic mass is 19.4. The van der Waals surface area contributed by atoms with Gasteiger partial charge in [-0.2, -0.15) is 18.4 Å². The number of benzene rings is 2. The SMILES string of the molecule is CC1=C(C(=O)OCC(O)CO)C(c2ccc(C#N)cc2)n2c(n[nH]c2=O)N1c1cccc(C(F)(F)F)c1. The summed E-state index contributed by atoms with van der Waals surface area (Å²) in [5.74, 6) is -1.06. The van der Waals surface area contributed by atoms with Crippen LogP contribution in [0.5, 0.6) is 0 Å². The summed E-state index contributed by atoms with van der Waals surface area (Å²) in [6, 6.07) is 11.1. The summed E-state index contributed by atoms with van der Waals surface area (Å²) < 4.78 is 46.6. The number of aliphatic hydroxyl groups excluding tert-OH is 2. The number of aliphatic hydroxyl groups is 2. The van der Waals surface area contributed by atoms with Crippen LogP contribution in [0.2, 0.25) is 0 Å². The molecule has 2 atom stereocenters. The van der Waals surface area contributed by atoms with Gasteiger partial charge in [-0.3, -0.25) is 4.90 Å². The van der Waals surface area contributed by atoms with Crippen molar-refractivity contribution in [1.29, 1.82) is 5.26 Å². The zero-order chi connectivity index (χ0) is 26.9. The molecule has 1 aliphatic rings. The number of aromatic amines is 1. The average molecular weight is 515 g/mol. The molecule has 0 aliphatic carbocycles. The van der Waals surface area contributed by atoms with E-state index in [1.165, 1.54) is 48.2 Å². The van der Waals surface area contributed by atoms with Crippen molar-refractivity contribution >= 4 is 17.6 Å². The Balaban J connectivity index is 1.94. The summed E-state index contributed by atoms with van der Waals surface area (Å²) in [4.78, 5) is 27.4. The minimum absolute atomic E-state index is 0.0217. The molecule has 3 N–H and O–H groups in total. The molecular weight excluding hydrogens is 495 g/mol. The maximum absolute atomic E-state index is 13.4. The molecule has 0 saturated carbocycles. The molecule has 0 amide bonds. The van der Waals surface area contributed by atoms with E-state index in [2.05, 4.69) is 10.2 Å². The minimum atomic E-state index is -4.65. The van der Waals surface area contributed by atoms with E-state index in [4.69, 9.17) is 15.1 Å². The standard InChI is InChI=1S/C24H20F3N5O5/c1-13-19(21(35)37-12-18(34)11-33)20(15-7-5-14(10-28)6-8-15)32-22(29-30-23(32)36)31(13)17-4-2-3-16(9-17)24(25,26)27/h2-9,18,20,33-34H,11-12H2,1H3,(H,30,36). The fraction of sp³-hybridized carbons (Fsp3) is 0.250. The minimum Gasteiger partial charge on any atom is -0.459 e. The fourth-order valence-electron chi connectivity index (χ4n) is 4.03. The van der Waals surface area contributed by atoms with E-state index in [0.717, 1.165) is 16.7 Å². The van der Waals surface area contributed by atoms with Gasteiger partial charge in [-0.1, -0.05) is 18.2 Å². The predicted octanol–water partition coefficient (Wildman–Crippen LogP) is 2.37. The number of nitrogens with one attached hydrogen (secondary N) is 1. The van der Waals surface area contributed by atoms with Gasteiger partial charge in [-0.15, -0.1) is 5.10 Å². The molecule has 0 radical (unpaired) electrons. The summed E-state index contributed by atoms with van der Waals surface area (Å²) >= 11 is 0. The monoisotopic (exact) mass is 515 g/mol. The van der Waals surface area contributed by atoms with Crippen LogP contribution in [0.25, 0.3) is 0 Å². The number of alkyl halides is 3. The summed E-state index contributed by atoms with van der Waals surface area (Å²) in [7, 11) is 0. The van der Waals surface area contributed by atoms with E-state index in [-0.39, 0.29) is 22.9 Å². The van der Waals surface area contributed by atoms with Crippen LogP contribution >= 0.6 is 0 Å². The van der Waals surface area contributed by atoms with Crippen molar-refractivity contribution in [2.45, 2.75) is 25.2 Å². The van der Waals surface area contributed by atoms with E-state index >= 15 is 0 Å². The number of nitrogens with zero attached hydrogens (tertiary/aromatic N) is 4. The molecule has 2 unspecified atom stereocenters. The van der Waals surface area contributed by atoms with E-state index < -0.39 is 48.8 Å². The Morgan fingerprint density at radius 2 is 1.97 bits per heavy atom. The van der Waals surface area contributed by atoms with Gasteiger partial charge in [0.25, 0.3) is 0 Å². The molecule has 0 bridgehead atoms. The first-order valence-electron chi connectivity index (χ1n) is 10.9.